The summed E-state index contributed by atoms with van der Waals surface area (Å²) < 4.78 is 4.82. The van der Waals surface area contributed by atoms with Crippen LogP contribution in [0.15, 0.2) is 36.7 Å². The molecule has 3 aromatic rings. The Hall–Kier alpha value is -2.90. The summed E-state index contributed by atoms with van der Waals surface area (Å²) in [6.07, 6.45) is 3.19. The molecule has 0 radical (unpaired) electrons. The van der Waals surface area contributed by atoms with Crippen LogP contribution in [0, 0.1) is 0 Å². The topological polar surface area (TPSA) is 87.3 Å². The van der Waals surface area contributed by atoms with E-state index in [0.29, 0.717) is 40.3 Å². The van der Waals surface area contributed by atoms with Gasteiger partial charge in [0.25, 0.3) is 0 Å². The van der Waals surface area contributed by atoms with Crippen LogP contribution in [0.4, 0.5) is 5.69 Å². The van der Waals surface area contributed by atoms with E-state index < -0.39 is 5.97 Å². The Morgan fingerprint density at radius 3 is 3.00 bits per heavy atom. The molecule has 7 nitrogen and oxygen atoms in total. The molecular formula is C19H17ClN4O3. The lowest BCUT2D eigenvalue weighted by Gasteiger charge is -2.27. The number of anilines is 1. The first-order chi connectivity index (χ1) is 13.1. The number of rotatable bonds is 3. The van der Waals surface area contributed by atoms with E-state index in [1.54, 1.807) is 11.1 Å². The van der Waals surface area contributed by atoms with Gasteiger partial charge in [0.05, 0.1) is 29.6 Å². The van der Waals surface area contributed by atoms with Crippen LogP contribution in [0.5, 0.6) is 0 Å². The Labute approximate surface area is 160 Å². The monoisotopic (exact) mass is 384 g/mol. The van der Waals surface area contributed by atoms with Crippen LogP contribution >= 0.6 is 11.6 Å². The Morgan fingerprint density at radius 1 is 1.37 bits per heavy atom. The van der Waals surface area contributed by atoms with Gasteiger partial charge >= 0.3 is 5.97 Å². The fraction of sp³-hybridized carbons (Fsp3) is 0.211. The van der Waals surface area contributed by atoms with E-state index in [1.807, 2.05) is 24.3 Å². The summed E-state index contributed by atoms with van der Waals surface area (Å²) in [5, 5.41) is 3.99. The number of esters is 1. The second-order valence-corrected chi connectivity index (χ2v) is 6.55. The average molecular weight is 385 g/mol. The molecule has 1 saturated heterocycles. The van der Waals surface area contributed by atoms with Crippen LogP contribution < -0.4 is 10.2 Å². The van der Waals surface area contributed by atoms with Crippen LogP contribution in [0.3, 0.4) is 0 Å². The molecule has 0 spiro atoms. The maximum absolute atomic E-state index is 12.2. The largest absolute Gasteiger partial charge is 0.465 e. The number of aromatic nitrogens is 2. The summed E-state index contributed by atoms with van der Waals surface area (Å²) in [4.78, 5) is 33.2. The van der Waals surface area contributed by atoms with Crippen molar-refractivity contribution in [1.29, 1.82) is 0 Å². The number of pyridine rings is 1. The third-order valence-electron chi connectivity index (χ3n) is 4.60. The van der Waals surface area contributed by atoms with Gasteiger partial charge < -0.3 is 19.9 Å². The molecule has 3 heterocycles. The van der Waals surface area contributed by atoms with E-state index in [4.69, 9.17) is 16.3 Å². The predicted octanol–water partition coefficient (Wildman–Crippen LogP) is 2.61. The first-order valence-corrected chi connectivity index (χ1v) is 8.83. The van der Waals surface area contributed by atoms with Crippen LogP contribution in [-0.2, 0) is 9.53 Å². The molecule has 1 aliphatic rings. The number of amides is 1. The highest BCUT2D eigenvalue weighted by Crippen LogP contribution is 2.36. The number of carbonyl (C=O) groups excluding carboxylic acids is 2. The van der Waals surface area contributed by atoms with Crippen molar-refractivity contribution in [2.75, 3.05) is 31.6 Å². The minimum absolute atomic E-state index is 0.0247. The number of hydrogen-bond acceptors (Lipinski definition) is 5. The number of H-pyrrole nitrogens is 1. The van der Waals surface area contributed by atoms with Crippen molar-refractivity contribution in [2.45, 2.75) is 0 Å². The summed E-state index contributed by atoms with van der Waals surface area (Å²) in [5.74, 6) is -0.459. The molecule has 0 saturated carbocycles. The zero-order valence-corrected chi connectivity index (χ0v) is 15.3. The quantitative estimate of drug-likeness (QED) is 0.678. The number of carbonyl (C=O) groups is 2. The lowest BCUT2D eigenvalue weighted by molar-refractivity contribution is -0.118. The number of ether oxygens (including phenoxy) is 1. The number of benzene rings is 1. The van der Waals surface area contributed by atoms with Crippen molar-refractivity contribution < 1.29 is 14.3 Å². The molecule has 1 aliphatic heterocycles. The molecule has 0 atom stereocenters. The normalized spacial score (nSPS) is 14.6. The third kappa shape index (κ3) is 3.05. The third-order valence-corrected chi connectivity index (χ3v) is 4.99. The summed E-state index contributed by atoms with van der Waals surface area (Å²) >= 11 is 6.63. The smallest absolute Gasteiger partial charge is 0.340 e. The molecule has 1 aromatic carbocycles. The van der Waals surface area contributed by atoms with Gasteiger partial charge in [-0.2, -0.15) is 0 Å². The Balaban J connectivity index is 1.81. The number of nitrogens with zero attached hydrogens (tertiary/aromatic N) is 2. The molecular weight excluding hydrogens is 368 g/mol. The second kappa shape index (κ2) is 7.02. The molecule has 0 unspecified atom stereocenters. The van der Waals surface area contributed by atoms with E-state index in [1.165, 1.54) is 13.3 Å². The summed E-state index contributed by atoms with van der Waals surface area (Å²) in [6.45, 7) is 1.68. The molecule has 138 valence electrons. The van der Waals surface area contributed by atoms with Crippen molar-refractivity contribution in [3.8, 4) is 11.1 Å². The van der Waals surface area contributed by atoms with Gasteiger partial charge in [0.15, 0.2) is 0 Å². The molecule has 2 aromatic heterocycles. The molecule has 2 N–H and O–H groups in total. The van der Waals surface area contributed by atoms with Gasteiger partial charge in [-0.3, -0.25) is 4.79 Å². The molecule has 1 amide bonds. The molecule has 0 aliphatic carbocycles. The number of aromatic amines is 1. The number of halogens is 1. The maximum Gasteiger partial charge on any atom is 0.340 e. The highest BCUT2D eigenvalue weighted by atomic mass is 35.5. The number of methoxy groups -OCH3 is 1. The summed E-state index contributed by atoms with van der Waals surface area (Å²) in [5.41, 5.74) is 3.14. The summed E-state index contributed by atoms with van der Waals surface area (Å²) in [7, 11) is 1.32. The summed E-state index contributed by atoms with van der Waals surface area (Å²) in [6, 6.07) is 7.57. The fourth-order valence-electron chi connectivity index (χ4n) is 3.25. The van der Waals surface area contributed by atoms with Crippen LogP contribution in [0.25, 0.3) is 22.2 Å². The van der Waals surface area contributed by atoms with E-state index >= 15 is 0 Å². The van der Waals surface area contributed by atoms with E-state index in [0.717, 1.165) is 17.8 Å². The van der Waals surface area contributed by atoms with Gasteiger partial charge in [0.2, 0.25) is 5.91 Å². The standard InChI is InChI=1S/C19H17ClN4O3/c1-27-19(26)14-9-23-18-16(14)17(20)13(8-22-18)11-3-2-4-12(7-11)24-6-5-21-10-15(24)25/h2-4,7-9,21H,5-6,10H2,1H3,(H,22,23). The van der Waals surface area contributed by atoms with Gasteiger partial charge in [-0.05, 0) is 17.7 Å². The SMILES string of the molecule is COC(=O)c1c[nH]c2ncc(-c3cccc(N4CCNCC4=O)c3)c(Cl)c12. The fourth-order valence-corrected chi connectivity index (χ4v) is 3.60. The number of hydrogen-bond donors (Lipinski definition) is 2. The lowest BCUT2D eigenvalue weighted by Crippen LogP contribution is -2.48. The van der Waals surface area contributed by atoms with Crippen molar-refractivity contribution >= 4 is 40.2 Å². The molecule has 1 fully saturated rings. The van der Waals surface area contributed by atoms with Gasteiger partial charge in [-0.25, -0.2) is 9.78 Å². The number of nitrogens with one attached hydrogen (secondary N) is 2. The minimum atomic E-state index is -0.484. The first kappa shape index (κ1) is 17.5. The van der Waals surface area contributed by atoms with Gasteiger partial charge in [0, 0.05) is 36.7 Å². The minimum Gasteiger partial charge on any atom is -0.465 e. The van der Waals surface area contributed by atoms with Gasteiger partial charge in [-0.1, -0.05) is 23.7 Å². The highest BCUT2D eigenvalue weighted by Gasteiger charge is 2.21. The first-order valence-electron chi connectivity index (χ1n) is 8.45. The second-order valence-electron chi connectivity index (χ2n) is 6.18. The van der Waals surface area contributed by atoms with Crippen molar-refractivity contribution in [2.24, 2.45) is 0 Å². The number of piperazine rings is 1. The molecule has 8 heteroatoms. The van der Waals surface area contributed by atoms with Crippen LogP contribution in [0.1, 0.15) is 10.4 Å². The predicted molar refractivity (Wildman–Crippen MR) is 103 cm³/mol. The number of fused-ring (bicyclic) bond motifs is 1. The van der Waals surface area contributed by atoms with Crippen molar-refractivity contribution in [1.82, 2.24) is 15.3 Å². The Morgan fingerprint density at radius 2 is 2.22 bits per heavy atom. The van der Waals surface area contributed by atoms with Crippen LogP contribution in [0.2, 0.25) is 5.02 Å². The highest BCUT2D eigenvalue weighted by molar-refractivity contribution is 6.39. The maximum atomic E-state index is 12.2. The van der Waals surface area contributed by atoms with Crippen molar-refractivity contribution in [3.63, 3.8) is 0 Å². The zero-order chi connectivity index (χ0) is 19.0. The van der Waals surface area contributed by atoms with Gasteiger partial charge in [-0.15, -0.1) is 0 Å². The van der Waals surface area contributed by atoms with Gasteiger partial charge in [0.1, 0.15) is 5.65 Å². The van der Waals surface area contributed by atoms with E-state index in [2.05, 4.69) is 15.3 Å². The molecule has 0 bridgehead atoms. The lowest BCUT2D eigenvalue weighted by atomic mass is 10.0. The van der Waals surface area contributed by atoms with Crippen molar-refractivity contribution in [3.05, 3.63) is 47.2 Å². The Kier molecular flexibility index (Phi) is 4.55. The zero-order valence-electron chi connectivity index (χ0n) is 14.6. The van der Waals surface area contributed by atoms with Crippen LogP contribution in [-0.4, -0.2) is 48.6 Å². The average Bonchev–Trinajstić information content (AvgIpc) is 3.13. The van der Waals surface area contributed by atoms with E-state index in [9.17, 15) is 9.59 Å². The molecule has 4 rings (SSSR count). The van der Waals surface area contributed by atoms with E-state index in [-0.39, 0.29) is 5.91 Å². The molecule has 27 heavy (non-hydrogen) atoms. The Bertz CT molecular complexity index is 1050.